The van der Waals surface area contributed by atoms with E-state index in [1.165, 1.54) is 17.0 Å². The van der Waals surface area contributed by atoms with Crippen molar-refractivity contribution in [3.8, 4) is 5.75 Å². The number of amides is 1. The van der Waals surface area contributed by atoms with Crippen molar-refractivity contribution in [2.24, 2.45) is 0 Å². The molecule has 0 bridgehead atoms. The van der Waals surface area contributed by atoms with Gasteiger partial charge in [0.15, 0.2) is 0 Å². The quantitative estimate of drug-likeness (QED) is 0.458. The molecule has 1 aliphatic heterocycles. The summed E-state index contributed by atoms with van der Waals surface area (Å²) in [6.07, 6.45) is 6.37. The molecule has 0 radical (unpaired) electrons. The average molecular weight is 438 g/mol. The van der Waals surface area contributed by atoms with Crippen LogP contribution in [0.15, 0.2) is 35.1 Å². The molecule has 164 valence electrons. The molecule has 5 nitrogen and oxygen atoms in total. The normalized spacial score (nSPS) is 17.8. The van der Waals surface area contributed by atoms with E-state index in [2.05, 4.69) is 0 Å². The number of benzene rings is 1. The molecule has 1 aromatic rings. The number of nitrogens with zero attached hydrogens (tertiary/aromatic N) is 1. The van der Waals surface area contributed by atoms with Gasteiger partial charge in [0.1, 0.15) is 18.2 Å². The van der Waals surface area contributed by atoms with Crippen molar-refractivity contribution in [1.29, 1.82) is 0 Å². The van der Waals surface area contributed by atoms with Crippen LogP contribution in [0.4, 0.5) is 10.1 Å². The molecule has 0 saturated carbocycles. The number of carbonyl (C=O) groups is 1. The first-order valence-corrected chi connectivity index (χ1v) is 11.0. The van der Waals surface area contributed by atoms with Gasteiger partial charge >= 0.3 is 0 Å². The van der Waals surface area contributed by atoms with Crippen LogP contribution in [0.2, 0.25) is 5.02 Å². The van der Waals surface area contributed by atoms with Crippen molar-refractivity contribution in [2.45, 2.75) is 46.0 Å². The molecule has 30 heavy (non-hydrogen) atoms. The van der Waals surface area contributed by atoms with Crippen molar-refractivity contribution in [3.05, 3.63) is 45.9 Å². The maximum absolute atomic E-state index is 14.9. The summed E-state index contributed by atoms with van der Waals surface area (Å²) in [6.45, 7) is 6.21. The molecule has 0 saturated heterocycles. The van der Waals surface area contributed by atoms with Crippen LogP contribution in [0.5, 0.6) is 5.75 Å². The maximum Gasteiger partial charge on any atom is 0.259 e. The van der Waals surface area contributed by atoms with E-state index < -0.39 is 5.82 Å². The van der Waals surface area contributed by atoms with Crippen LogP contribution in [0.25, 0.3) is 0 Å². The van der Waals surface area contributed by atoms with Crippen LogP contribution in [0.3, 0.4) is 0 Å². The number of rotatable bonds is 10. The second-order valence-electron chi connectivity index (χ2n) is 7.19. The van der Waals surface area contributed by atoms with Crippen LogP contribution < -0.4 is 9.64 Å². The van der Waals surface area contributed by atoms with Gasteiger partial charge in [-0.15, -0.1) is 0 Å². The lowest BCUT2D eigenvalue weighted by molar-refractivity contribution is -0.114. The highest BCUT2D eigenvalue weighted by Gasteiger charge is 2.38. The smallest absolute Gasteiger partial charge is 0.259 e. The molecule has 1 amide bonds. The van der Waals surface area contributed by atoms with Gasteiger partial charge in [-0.3, -0.25) is 9.69 Å². The zero-order valence-corrected chi connectivity index (χ0v) is 18.4. The van der Waals surface area contributed by atoms with E-state index in [4.69, 9.17) is 25.8 Å². The number of allylic oxidation sites excluding steroid dienone is 2. The molecule has 1 heterocycles. The lowest BCUT2D eigenvalue weighted by Crippen LogP contribution is -2.26. The highest BCUT2D eigenvalue weighted by Crippen LogP contribution is 2.44. The van der Waals surface area contributed by atoms with Gasteiger partial charge in [0.05, 0.1) is 30.5 Å². The minimum absolute atomic E-state index is 0.143. The molecule has 0 N–H and O–H groups in total. The molecule has 0 spiro atoms. The molecule has 0 unspecified atom stereocenters. The standard InChI is InChI=1S/C23H29ClFNO4/c1-3-7-20-16-8-5-6-9-17(16)23(27)26(20)21-15-22(18(24)14-19(21)25)30-13-12-29-11-10-28-4-2/h7,14-15H,3-6,8-13H2,1-2H3. The third kappa shape index (κ3) is 5.05. The Morgan fingerprint density at radius 1 is 1.07 bits per heavy atom. The molecular formula is C23H29ClFNO4. The van der Waals surface area contributed by atoms with E-state index in [9.17, 15) is 9.18 Å². The summed E-state index contributed by atoms with van der Waals surface area (Å²) in [5.74, 6) is -0.360. The molecular weight excluding hydrogens is 409 g/mol. The van der Waals surface area contributed by atoms with Gasteiger partial charge < -0.3 is 14.2 Å². The van der Waals surface area contributed by atoms with E-state index >= 15 is 0 Å². The lowest BCUT2D eigenvalue weighted by atomic mass is 9.92. The van der Waals surface area contributed by atoms with Crippen molar-refractivity contribution in [2.75, 3.05) is 37.9 Å². The topological polar surface area (TPSA) is 48.0 Å². The van der Waals surface area contributed by atoms with Crippen molar-refractivity contribution in [1.82, 2.24) is 0 Å². The SMILES string of the molecule is CCC=C1C2=C(CCCC2)C(=O)N1c1cc(OCCOCCOCC)c(Cl)cc1F. The largest absolute Gasteiger partial charge is 0.490 e. The van der Waals surface area contributed by atoms with E-state index in [1.807, 2.05) is 19.9 Å². The molecule has 0 aromatic heterocycles. The van der Waals surface area contributed by atoms with Crippen molar-refractivity contribution >= 4 is 23.2 Å². The Morgan fingerprint density at radius 3 is 2.50 bits per heavy atom. The zero-order chi connectivity index (χ0) is 21.5. The first kappa shape index (κ1) is 22.8. The Kier molecular flexibility index (Phi) is 8.31. The van der Waals surface area contributed by atoms with Crippen LogP contribution in [0, 0.1) is 5.82 Å². The Balaban J connectivity index is 1.76. The molecule has 7 heteroatoms. The number of carbonyl (C=O) groups excluding carboxylic acids is 1. The van der Waals surface area contributed by atoms with Gasteiger partial charge in [-0.05, 0) is 50.7 Å². The second kappa shape index (κ2) is 10.9. The van der Waals surface area contributed by atoms with Crippen LogP contribution in [-0.2, 0) is 14.3 Å². The van der Waals surface area contributed by atoms with Gasteiger partial charge in [0.2, 0.25) is 0 Å². The highest BCUT2D eigenvalue weighted by atomic mass is 35.5. The number of ether oxygens (including phenoxy) is 3. The fourth-order valence-corrected chi connectivity index (χ4v) is 4.03. The lowest BCUT2D eigenvalue weighted by Gasteiger charge is -2.22. The Labute approximate surface area is 182 Å². The Bertz CT molecular complexity index is 837. The fraction of sp³-hybridized carbons (Fsp3) is 0.522. The predicted molar refractivity (Wildman–Crippen MR) is 116 cm³/mol. The number of hydrogen-bond acceptors (Lipinski definition) is 4. The molecule has 3 rings (SSSR count). The molecule has 0 fully saturated rings. The monoisotopic (exact) mass is 437 g/mol. The summed E-state index contributed by atoms with van der Waals surface area (Å²) in [5.41, 5.74) is 2.82. The number of anilines is 1. The van der Waals surface area contributed by atoms with E-state index in [1.54, 1.807) is 0 Å². The fourth-order valence-electron chi connectivity index (χ4n) is 3.83. The first-order valence-electron chi connectivity index (χ1n) is 10.6. The molecule has 1 aromatic carbocycles. The van der Waals surface area contributed by atoms with E-state index in [0.717, 1.165) is 48.9 Å². The van der Waals surface area contributed by atoms with Gasteiger partial charge in [0.25, 0.3) is 5.91 Å². The minimum atomic E-state index is -0.546. The van der Waals surface area contributed by atoms with Crippen molar-refractivity contribution < 1.29 is 23.4 Å². The van der Waals surface area contributed by atoms with E-state index in [-0.39, 0.29) is 23.2 Å². The van der Waals surface area contributed by atoms with Crippen molar-refractivity contribution in [3.63, 3.8) is 0 Å². The third-order valence-electron chi connectivity index (χ3n) is 5.18. The first-order chi connectivity index (χ1) is 14.6. The Hall–Kier alpha value is -1.89. The number of hydrogen-bond donors (Lipinski definition) is 0. The predicted octanol–water partition coefficient (Wildman–Crippen LogP) is 5.42. The second-order valence-corrected chi connectivity index (χ2v) is 7.60. The molecule has 0 atom stereocenters. The third-order valence-corrected chi connectivity index (χ3v) is 5.48. The minimum Gasteiger partial charge on any atom is -0.490 e. The average Bonchev–Trinajstić information content (AvgIpc) is 3.01. The van der Waals surface area contributed by atoms with Gasteiger partial charge in [-0.1, -0.05) is 24.6 Å². The summed E-state index contributed by atoms with van der Waals surface area (Å²) in [4.78, 5) is 14.6. The molecule has 1 aliphatic carbocycles. The maximum atomic E-state index is 14.9. The Morgan fingerprint density at radius 2 is 1.77 bits per heavy atom. The summed E-state index contributed by atoms with van der Waals surface area (Å²) in [6, 6.07) is 2.72. The van der Waals surface area contributed by atoms with Crippen LogP contribution >= 0.6 is 11.6 Å². The van der Waals surface area contributed by atoms with Gasteiger partial charge in [-0.2, -0.15) is 0 Å². The van der Waals surface area contributed by atoms with Gasteiger partial charge in [0, 0.05) is 23.9 Å². The number of halogens is 2. The van der Waals surface area contributed by atoms with E-state index in [0.29, 0.717) is 32.2 Å². The van der Waals surface area contributed by atoms with Crippen LogP contribution in [-0.4, -0.2) is 38.9 Å². The highest BCUT2D eigenvalue weighted by molar-refractivity contribution is 6.32. The molecule has 2 aliphatic rings. The van der Waals surface area contributed by atoms with Gasteiger partial charge in [-0.25, -0.2) is 4.39 Å². The van der Waals surface area contributed by atoms with Crippen LogP contribution in [0.1, 0.15) is 46.0 Å². The summed E-state index contributed by atoms with van der Waals surface area (Å²) in [7, 11) is 0. The summed E-state index contributed by atoms with van der Waals surface area (Å²) < 4.78 is 31.2. The summed E-state index contributed by atoms with van der Waals surface area (Å²) >= 11 is 6.19. The summed E-state index contributed by atoms with van der Waals surface area (Å²) in [5, 5.41) is 0.163. The zero-order valence-electron chi connectivity index (χ0n) is 17.6.